The van der Waals surface area contributed by atoms with Gasteiger partial charge in [-0.15, -0.1) is 0 Å². The van der Waals surface area contributed by atoms with E-state index in [0.29, 0.717) is 5.71 Å². The largest absolute Gasteiger partial charge is 0.326 e. The number of nitrogens with two attached hydrogens (primary N) is 2. The molecule has 0 spiro atoms. The molecule has 1 saturated carbocycles. The molecule has 3 nitrogen and oxygen atoms in total. The Hall–Kier alpha value is -0.410. The average Bonchev–Trinajstić information content (AvgIpc) is 1.83. The first-order valence-electron chi connectivity index (χ1n) is 3.30. The van der Waals surface area contributed by atoms with Crippen LogP contribution in [-0.4, -0.2) is 17.8 Å². The van der Waals surface area contributed by atoms with Crippen LogP contribution >= 0.6 is 0 Å². The molecule has 5 N–H and O–H groups in total. The van der Waals surface area contributed by atoms with Crippen LogP contribution in [0.2, 0.25) is 0 Å². The summed E-state index contributed by atoms with van der Waals surface area (Å²) in [4.78, 5) is 0. The molecular formula is C6H13N3. The van der Waals surface area contributed by atoms with E-state index in [9.17, 15) is 0 Å². The van der Waals surface area contributed by atoms with Crippen molar-refractivity contribution in [1.82, 2.24) is 0 Å². The third-order valence-electron chi connectivity index (χ3n) is 1.85. The summed E-state index contributed by atoms with van der Waals surface area (Å²) in [5, 5.41) is 7.32. The molecule has 0 aromatic heterocycles. The Labute approximate surface area is 54.9 Å². The molecule has 2 atom stereocenters. The second kappa shape index (κ2) is 2.45. The Morgan fingerprint density at radius 1 is 1.44 bits per heavy atom. The highest BCUT2D eigenvalue weighted by molar-refractivity contribution is 5.87. The number of hydrogen-bond donors (Lipinski definition) is 3. The quantitative estimate of drug-likeness (QED) is 0.423. The summed E-state index contributed by atoms with van der Waals surface area (Å²) in [7, 11) is 0. The Balaban J connectivity index is 2.51. The maximum atomic E-state index is 7.32. The van der Waals surface area contributed by atoms with E-state index < -0.39 is 0 Å². The third kappa shape index (κ3) is 1.28. The summed E-state index contributed by atoms with van der Waals surface area (Å²) >= 11 is 0. The summed E-state index contributed by atoms with van der Waals surface area (Å²) in [5.41, 5.74) is 11.8. The van der Waals surface area contributed by atoms with E-state index in [-0.39, 0.29) is 12.1 Å². The lowest BCUT2D eigenvalue weighted by molar-refractivity contribution is 0.516. The Morgan fingerprint density at radius 3 is 2.56 bits per heavy atom. The smallest absolute Gasteiger partial charge is 0.0576 e. The molecule has 0 radical (unpaired) electrons. The van der Waals surface area contributed by atoms with E-state index >= 15 is 0 Å². The van der Waals surface area contributed by atoms with Gasteiger partial charge in [0, 0.05) is 11.8 Å². The van der Waals surface area contributed by atoms with E-state index in [1.54, 1.807) is 0 Å². The summed E-state index contributed by atoms with van der Waals surface area (Å²) in [6.45, 7) is 0. The van der Waals surface area contributed by atoms with Gasteiger partial charge in [0.05, 0.1) is 6.04 Å². The fourth-order valence-electron chi connectivity index (χ4n) is 1.13. The highest BCUT2D eigenvalue weighted by Crippen LogP contribution is 2.11. The SMILES string of the molecule is N=C1CCCC(N)C1N. The normalized spacial score (nSPS) is 36.9. The van der Waals surface area contributed by atoms with Gasteiger partial charge in [-0.2, -0.15) is 0 Å². The van der Waals surface area contributed by atoms with Gasteiger partial charge in [0.15, 0.2) is 0 Å². The first-order valence-corrected chi connectivity index (χ1v) is 3.30. The lowest BCUT2D eigenvalue weighted by Crippen LogP contribution is -2.49. The van der Waals surface area contributed by atoms with E-state index in [2.05, 4.69) is 0 Å². The molecular weight excluding hydrogens is 114 g/mol. The fourth-order valence-corrected chi connectivity index (χ4v) is 1.13. The minimum absolute atomic E-state index is 0.0336. The maximum absolute atomic E-state index is 7.32. The topological polar surface area (TPSA) is 75.9 Å². The number of hydrogen-bond acceptors (Lipinski definition) is 3. The summed E-state index contributed by atoms with van der Waals surface area (Å²) in [5.74, 6) is 0. The van der Waals surface area contributed by atoms with E-state index in [4.69, 9.17) is 16.9 Å². The predicted octanol–water partition coefficient (Wildman–Crippen LogP) is -0.155. The number of nitrogens with one attached hydrogen (secondary N) is 1. The molecule has 1 fully saturated rings. The lowest BCUT2D eigenvalue weighted by Gasteiger charge is -2.25. The van der Waals surface area contributed by atoms with Crippen molar-refractivity contribution in [1.29, 1.82) is 5.41 Å². The molecule has 0 saturated heterocycles. The molecule has 9 heavy (non-hydrogen) atoms. The van der Waals surface area contributed by atoms with Crippen molar-refractivity contribution in [2.75, 3.05) is 0 Å². The Bertz CT molecular complexity index is 121. The van der Waals surface area contributed by atoms with Gasteiger partial charge in [-0.25, -0.2) is 0 Å². The zero-order valence-corrected chi connectivity index (χ0v) is 5.43. The third-order valence-corrected chi connectivity index (χ3v) is 1.85. The zero-order chi connectivity index (χ0) is 6.85. The van der Waals surface area contributed by atoms with Gasteiger partial charge in [-0.3, -0.25) is 0 Å². The van der Waals surface area contributed by atoms with Crippen molar-refractivity contribution in [3.05, 3.63) is 0 Å². The molecule has 0 heterocycles. The van der Waals surface area contributed by atoms with E-state index in [0.717, 1.165) is 19.3 Å². The highest BCUT2D eigenvalue weighted by Gasteiger charge is 2.21. The highest BCUT2D eigenvalue weighted by atomic mass is 14.8. The average molecular weight is 127 g/mol. The van der Waals surface area contributed by atoms with Gasteiger partial charge in [-0.05, 0) is 19.3 Å². The molecule has 2 unspecified atom stereocenters. The molecule has 0 aliphatic heterocycles. The van der Waals surface area contributed by atoms with Crippen molar-refractivity contribution >= 4 is 5.71 Å². The van der Waals surface area contributed by atoms with Gasteiger partial charge in [0.25, 0.3) is 0 Å². The van der Waals surface area contributed by atoms with Crippen LogP contribution in [-0.2, 0) is 0 Å². The van der Waals surface area contributed by atoms with Gasteiger partial charge in [0.2, 0.25) is 0 Å². The van der Waals surface area contributed by atoms with Gasteiger partial charge >= 0.3 is 0 Å². The summed E-state index contributed by atoms with van der Waals surface area (Å²) in [6.07, 6.45) is 2.85. The molecule has 1 rings (SSSR count). The van der Waals surface area contributed by atoms with Crippen LogP contribution in [0.25, 0.3) is 0 Å². The van der Waals surface area contributed by atoms with E-state index in [1.807, 2.05) is 0 Å². The molecule has 0 aromatic rings. The van der Waals surface area contributed by atoms with Crippen molar-refractivity contribution in [3.63, 3.8) is 0 Å². The molecule has 1 aliphatic rings. The van der Waals surface area contributed by atoms with Crippen molar-refractivity contribution in [2.24, 2.45) is 11.5 Å². The first kappa shape index (κ1) is 6.71. The monoisotopic (exact) mass is 127 g/mol. The first-order chi connectivity index (χ1) is 4.22. The molecule has 52 valence electrons. The second-order valence-corrected chi connectivity index (χ2v) is 2.61. The molecule has 0 amide bonds. The summed E-state index contributed by atoms with van der Waals surface area (Å²) in [6, 6.07) is -0.134. The summed E-state index contributed by atoms with van der Waals surface area (Å²) < 4.78 is 0. The van der Waals surface area contributed by atoms with Crippen LogP contribution in [0.1, 0.15) is 19.3 Å². The fraction of sp³-hybridized carbons (Fsp3) is 0.833. The van der Waals surface area contributed by atoms with Gasteiger partial charge < -0.3 is 16.9 Å². The number of rotatable bonds is 0. The minimum atomic E-state index is -0.168. The Kier molecular flexibility index (Phi) is 1.83. The van der Waals surface area contributed by atoms with Crippen LogP contribution in [0, 0.1) is 5.41 Å². The van der Waals surface area contributed by atoms with Crippen LogP contribution in [0.5, 0.6) is 0 Å². The lowest BCUT2D eigenvalue weighted by atomic mass is 9.90. The minimum Gasteiger partial charge on any atom is -0.326 e. The maximum Gasteiger partial charge on any atom is 0.0576 e. The predicted molar refractivity (Wildman–Crippen MR) is 37.5 cm³/mol. The second-order valence-electron chi connectivity index (χ2n) is 2.61. The van der Waals surface area contributed by atoms with Crippen molar-refractivity contribution < 1.29 is 0 Å². The van der Waals surface area contributed by atoms with Crippen LogP contribution in [0.4, 0.5) is 0 Å². The van der Waals surface area contributed by atoms with E-state index in [1.165, 1.54) is 0 Å². The van der Waals surface area contributed by atoms with Crippen LogP contribution < -0.4 is 11.5 Å². The van der Waals surface area contributed by atoms with Gasteiger partial charge in [0.1, 0.15) is 0 Å². The molecule has 3 heteroatoms. The van der Waals surface area contributed by atoms with Crippen molar-refractivity contribution in [3.8, 4) is 0 Å². The van der Waals surface area contributed by atoms with Crippen molar-refractivity contribution in [2.45, 2.75) is 31.3 Å². The molecule has 0 aromatic carbocycles. The van der Waals surface area contributed by atoms with Crippen LogP contribution in [0.3, 0.4) is 0 Å². The van der Waals surface area contributed by atoms with Gasteiger partial charge in [-0.1, -0.05) is 0 Å². The standard InChI is InChI=1S/C6H13N3/c7-4-2-1-3-5(8)6(4)9/h4,6,8H,1-3,7,9H2. The Morgan fingerprint density at radius 2 is 2.11 bits per heavy atom. The van der Waals surface area contributed by atoms with Crippen LogP contribution in [0.15, 0.2) is 0 Å². The molecule has 0 bridgehead atoms. The molecule has 1 aliphatic carbocycles. The zero-order valence-electron chi connectivity index (χ0n) is 5.43.